The van der Waals surface area contributed by atoms with Crippen LogP contribution in [-0.2, 0) is 6.54 Å². The van der Waals surface area contributed by atoms with E-state index >= 15 is 0 Å². The highest BCUT2D eigenvalue weighted by Gasteiger charge is 2.17. The van der Waals surface area contributed by atoms with Crippen LogP contribution in [-0.4, -0.2) is 63.4 Å². The van der Waals surface area contributed by atoms with E-state index in [9.17, 15) is 4.79 Å². The molecule has 0 aliphatic rings. The first-order valence-corrected chi connectivity index (χ1v) is 10.6. The van der Waals surface area contributed by atoms with E-state index in [1.165, 1.54) is 0 Å². The molecule has 172 valence electrons. The number of nitrogens with zero attached hydrogens (tertiary/aromatic N) is 3. The number of nitrogens with one attached hydrogen (secondary N) is 1. The quantitative estimate of drug-likeness (QED) is 0.485. The fraction of sp³-hybridized carbons (Fsp3) is 0.417. The van der Waals surface area contributed by atoms with Gasteiger partial charge in [0, 0.05) is 31.8 Å². The number of aromatic amines is 1. The topological polar surface area (TPSA) is 79.9 Å². The second-order valence-electron chi connectivity index (χ2n) is 8.03. The average Bonchev–Trinajstić information content (AvgIpc) is 2.76. The van der Waals surface area contributed by atoms with Crippen molar-refractivity contribution in [3.05, 3.63) is 51.8 Å². The summed E-state index contributed by atoms with van der Waals surface area (Å²) in [6, 6.07) is 9.75. The standard InChI is InChI=1S/C24H32N4O4/c1-16-21-19(14-20(30-5)22(16)31-6)25-24(26-23(21)29)28(4)15-17-8-10-18(11-9-17)32-13-7-12-27(2)3/h8-11,14H,7,12-13,15H2,1-6H3,(H,25,26,29). The molecule has 0 atom stereocenters. The van der Waals surface area contributed by atoms with Crippen molar-refractivity contribution in [2.24, 2.45) is 0 Å². The maximum Gasteiger partial charge on any atom is 0.282 e. The summed E-state index contributed by atoms with van der Waals surface area (Å²) in [7, 11) is 9.13. The van der Waals surface area contributed by atoms with Gasteiger partial charge in [-0.25, -0.2) is 0 Å². The summed E-state index contributed by atoms with van der Waals surface area (Å²) in [5.41, 5.74) is 2.13. The van der Waals surface area contributed by atoms with Crippen molar-refractivity contribution in [3.63, 3.8) is 0 Å². The lowest BCUT2D eigenvalue weighted by Gasteiger charge is -2.19. The predicted molar refractivity (Wildman–Crippen MR) is 127 cm³/mol. The molecule has 32 heavy (non-hydrogen) atoms. The van der Waals surface area contributed by atoms with Gasteiger partial charge in [-0.15, -0.1) is 0 Å². The number of benzene rings is 2. The van der Waals surface area contributed by atoms with Gasteiger partial charge < -0.3 is 29.0 Å². The zero-order valence-corrected chi connectivity index (χ0v) is 19.7. The summed E-state index contributed by atoms with van der Waals surface area (Å²) in [5, 5.41) is 0.496. The van der Waals surface area contributed by atoms with Gasteiger partial charge in [-0.2, -0.15) is 4.98 Å². The third kappa shape index (κ3) is 5.31. The van der Waals surface area contributed by atoms with Crippen LogP contribution in [0.2, 0.25) is 0 Å². The molecule has 8 nitrogen and oxygen atoms in total. The minimum absolute atomic E-state index is 0.305. The van der Waals surface area contributed by atoms with Crippen molar-refractivity contribution in [1.29, 1.82) is 0 Å². The number of fused-ring (bicyclic) bond motifs is 1. The van der Waals surface area contributed by atoms with E-state index in [1.54, 1.807) is 20.3 Å². The van der Waals surface area contributed by atoms with Crippen LogP contribution in [0.25, 0.3) is 10.9 Å². The normalized spacial score (nSPS) is 11.1. The van der Waals surface area contributed by atoms with E-state index in [1.807, 2.05) is 43.1 Å². The van der Waals surface area contributed by atoms with Crippen molar-refractivity contribution < 1.29 is 14.2 Å². The zero-order chi connectivity index (χ0) is 23.3. The molecule has 0 spiro atoms. The van der Waals surface area contributed by atoms with Crippen molar-refractivity contribution in [1.82, 2.24) is 14.9 Å². The van der Waals surface area contributed by atoms with Crippen molar-refractivity contribution in [2.45, 2.75) is 19.9 Å². The molecule has 3 aromatic rings. The maximum absolute atomic E-state index is 12.8. The molecule has 0 aliphatic carbocycles. The van der Waals surface area contributed by atoms with E-state index in [2.05, 4.69) is 29.0 Å². The van der Waals surface area contributed by atoms with Crippen LogP contribution in [0.5, 0.6) is 17.2 Å². The third-order valence-corrected chi connectivity index (χ3v) is 5.30. The van der Waals surface area contributed by atoms with Crippen molar-refractivity contribution in [2.75, 3.05) is 53.4 Å². The van der Waals surface area contributed by atoms with Crippen LogP contribution < -0.4 is 24.7 Å². The van der Waals surface area contributed by atoms with Gasteiger partial charge in [0.2, 0.25) is 5.95 Å². The Labute approximate surface area is 188 Å². The largest absolute Gasteiger partial charge is 0.494 e. The average molecular weight is 441 g/mol. The van der Waals surface area contributed by atoms with Gasteiger partial charge in [-0.3, -0.25) is 4.79 Å². The Morgan fingerprint density at radius 2 is 1.78 bits per heavy atom. The number of hydrogen-bond donors (Lipinski definition) is 1. The second-order valence-corrected chi connectivity index (χ2v) is 8.03. The number of hydrogen-bond acceptors (Lipinski definition) is 7. The van der Waals surface area contributed by atoms with Gasteiger partial charge in [0.15, 0.2) is 11.5 Å². The Bertz CT molecular complexity index is 1110. The summed E-state index contributed by atoms with van der Waals surface area (Å²) in [6.45, 7) is 4.10. The van der Waals surface area contributed by atoms with E-state index in [0.717, 1.165) is 24.3 Å². The minimum Gasteiger partial charge on any atom is -0.494 e. The molecule has 0 unspecified atom stereocenters. The Kier molecular flexibility index (Phi) is 7.58. The molecule has 0 aliphatic heterocycles. The fourth-order valence-electron chi connectivity index (χ4n) is 3.64. The fourth-order valence-corrected chi connectivity index (χ4v) is 3.64. The highest BCUT2D eigenvalue weighted by atomic mass is 16.5. The summed E-state index contributed by atoms with van der Waals surface area (Å²) in [4.78, 5) is 24.3. The number of ether oxygens (including phenoxy) is 3. The monoisotopic (exact) mass is 440 g/mol. The molecular formula is C24H32N4O4. The van der Waals surface area contributed by atoms with Gasteiger partial charge in [0.1, 0.15) is 5.75 Å². The van der Waals surface area contributed by atoms with Gasteiger partial charge in [0.25, 0.3) is 5.56 Å². The molecule has 0 radical (unpaired) electrons. The lowest BCUT2D eigenvalue weighted by Crippen LogP contribution is -2.23. The molecule has 1 aromatic heterocycles. The molecule has 1 heterocycles. The Balaban J connectivity index is 1.75. The number of anilines is 1. The molecular weight excluding hydrogens is 408 g/mol. The van der Waals surface area contributed by atoms with Gasteiger partial charge >= 0.3 is 0 Å². The van der Waals surface area contributed by atoms with Crippen LogP contribution in [0, 0.1) is 6.92 Å². The first kappa shape index (κ1) is 23.4. The van der Waals surface area contributed by atoms with Crippen molar-refractivity contribution in [3.8, 4) is 17.2 Å². The molecule has 0 bridgehead atoms. The van der Waals surface area contributed by atoms with Gasteiger partial charge in [0.05, 0.1) is 31.7 Å². The number of aromatic nitrogens is 2. The summed E-state index contributed by atoms with van der Waals surface area (Å²) in [5.74, 6) is 2.44. The van der Waals surface area contributed by atoms with Crippen molar-refractivity contribution >= 4 is 16.9 Å². The summed E-state index contributed by atoms with van der Waals surface area (Å²) >= 11 is 0. The van der Waals surface area contributed by atoms with E-state index in [0.29, 0.717) is 47.1 Å². The highest BCUT2D eigenvalue weighted by Crippen LogP contribution is 2.35. The SMILES string of the molecule is COc1cc2[nH]c(N(C)Cc3ccc(OCCCN(C)C)cc3)nc(=O)c2c(C)c1OC. The molecule has 0 saturated heterocycles. The van der Waals surface area contributed by atoms with Crippen LogP contribution in [0.15, 0.2) is 35.1 Å². The first-order valence-electron chi connectivity index (χ1n) is 10.6. The van der Waals surface area contributed by atoms with E-state index < -0.39 is 0 Å². The highest BCUT2D eigenvalue weighted by molar-refractivity contribution is 5.86. The number of methoxy groups -OCH3 is 2. The number of H-pyrrole nitrogens is 1. The third-order valence-electron chi connectivity index (χ3n) is 5.30. The number of aryl methyl sites for hydroxylation is 1. The molecule has 3 rings (SSSR count). The van der Waals surface area contributed by atoms with Crippen LogP contribution in [0.1, 0.15) is 17.5 Å². The molecule has 2 aromatic carbocycles. The van der Waals surface area contributed by atoms with Crippen LogP contribution in [0.4, 0.5) is 5.95 Å². The smallest absolute Gasteiger partial charge is 0.282 e. The predicted octanol–water partition coefficient (Wildman–Crippen LogP) is 3.22. The van der Waals surface area contributed by atoms with Crippen LogP contribution in [0.3, 0.4) is 0 Å². The molecule has 0 fully saturated rings. The molecule has 0 saturated carbocycles. The first-order chi connectivity index (χ1) is 15.3. The summed E-state index contributed by atoms with van der Waals surface area (Å²) in [6.07, 6.45) is 0.981. The van der Waals surface area contributed by atoms with Crippen LogP contribution >= 0.6 is 0 Å². The molecule has 0 amide bonds. The maximum atomic E-state index is 12.8. The lowest BCUT2D eigenvalue weighted by molar-refractivity contribution is 0.281. The zero-order valence-electron chi connectivity index (χ0n) is 19.7. The Hall–Kier alpha value is -3.26. The van der Waals surface area contributed by atoms with Gasteiger partial charge in [-0.1, -0.05) is 12.1 Å². The van der Waals surface area contributed by atoms with E-state index in [4.69, 9.17) is 14.2 Å². The molecule has 1 N–H and O–H groups in total. The van der Waals surface area contributed by atoms with Gasteiger partial charge in [-0.05, 0) is 45.1 Å². The second kappa shape index (κ2) is 10.4. The van der Waals surface area contributed by atoms with E-state index in [-0.39, 0.29) is 5.56 Å². The Morgan fingerprint density at radius 1 is 1.06 bits per heavy atom. The summed E-state index contributed by atoms with van der Waals surface area (Å²) < 4.78 is 16.6. The lowest BCUT2D eigenvalue weighted by atomic mass is 10.1. The Morgan fingerprint density at radius 3 is 2.41 bits per heavy atom. The number of rotatable bonds is 10. The minimum atomic E-state index is -0.305. The molecule has 8 heteroatoms.